The van der Waals surface area contributed by atoms with E-state index in [0.29, 0.717) is 17.9 Å². The SMILES string of the molecule is CCCn1nc(C(=O)OCc2nc3ccccc3nc2C)ccc1=O. The van der Waals surface area contributed by atoms with Gasteiger partial charge >= 0.3 is 5.97 Å². The number of aromatic nitrogens is 4. The molecule has 7 heteroatoms. The Bertz CT molecular complexity index is 981. The molecule has 0 saturated carbocycles. The third-order valence-electron chi connectivity index (χ3n) is 3.69. The second-order valence-electron chi connectivity index (χ2n) is 5.60. The van der Waals surface area contributed by atoms with Gasteiger partial charge in [0.25, 0.3) is 5.56 Å². The van der Waals surface area contributed by atoms with E-state index in [2.05, 4.69) is 15.1 Å². The van der Waals surface area contributed by atoms with Gasteiger partial charge in [-0.15, -0.1) is 0 Å². The number of carbonyl (C=O) groups is 1. The lowest BCUT2D eigenvalue weighted by Crippen LogP contribution is -2.24. The van der Waals surface area contributed by atoms with Crippen LogP contribution in [-0.2, 0) is 17.9 Å². The lowest BCUT2D eigenvalue weighted by Gasteiger charge is -2.08. The summed E-state index contributed by atoms with van der Waals surface area (Å²) in [7, 11) is 0. The summed E-state index contributed by atoms with van der Waals surface area (Å²) in [5.74, 6) is -0.598. The number of nitrogens with zero attached hydrogens (tertiary/aromatic N) is 4. The van der Waals surface area contributed by atoms with Crippen molar-refractivity contribution in [1.82, 2.24) is 19.7 Å². The Morgan fingerprint density at radius 3 is 2.56 bits per heavy atom. The third kappa shape index (κ3) is 3.71. The van der Waals surface area contributed by atoms with E-state index in [0.717, 1.165) is 17.5 Å². The summed E-state index contributed by atoms with van der Waals surface area (Å²) in [5, 5.41) is 4.04. The van der Waals surface area contributed by atoms with Crippen LogP contribution in [0.2, 0.25) is 0 Å². The first-order valence-corrected chi connectivity index (χ1v) is 8.06. The molecule has 0 fully saturated rings. The van der Waals surface area contributed by atoms with Crippen molar-refractivity contribution in [1.29, 1.82) is 0 Å². The fourth-order valence-electron chi connectivity index (χ4n) is 2.40. The highest BCUT2D eigenvalue weighted by atomic mass is 16.5. The molecule has 0 radical (unpaired) electrons. The molecule has 0 N–H and O–H groups in total. The Morgan fingerprint density at radius 1 is 1.12 bits per heavy atom. The van der Waals surface area contributed by atoms with Gasteiger partial charge in [-0.25, -0.2) is 19.4 Å². The first kappa shape index (κ1) is 16.8. The lowest BCUT2D eigenvalue weighted by molar-refractivity contribution is 0.0456. The second kappa shape index (κ2) is 7.21. The minimum Gasteiger partial charge on any atom is -0.454 e. The molecule has 0 amide bonds. The van der Waals surface area contributed by atoms with Crippen molar-refractivity contribution in [2.45, 2.75) is 33.4 Å². The highest BCUT2D eigenvalue weighted by Crippen LogP contribution is 2.13. The van der Waals surface area contributed by atoms with Crippen LogP contribution in [0.25, 0.3) is 11.0 Å². The van der Waals surface area contributed by atoms with E-state index in [1.54, 1.807) is 0 Å². The van der Waals surface area contributed by atoms with Crippen LogP contribution in [0, 0.1) is 6.92 Å². The number of hydrogen-bond donors (Lipinski definition) is 0. The van der Waals surface area contributed by atoms with Gasteiger partial charge in [0.2, 0.25) is 0 Å². The average molecular weight is 338 g/mol. The largest absolute Gasteiger partial charge is 0.454 e. The van der Waals surface area contributed by atoms with E-state index in [1.807, 2.05) is 38.1 Å². The van der Waals surface area contributed by atoms with E-state index < -0.39 is 5.97 Å². The normalized spacial score (nSPS) is 10.8. The van der Waals surface area contributed by atoms with Gasteiger partial charge in [-0.1, -0.05) is 19.1 Å². The third-order valence-corrected chi connectivity index (χ3v) is 3.69. The Balaban J connectivity index is 1.77. The number of ether oxygens (including phenoxy) is 1. The number of aryl methyl sites for hydroxylation is 2. The molecule has 128 valence electrons. The Kier molecular flexibility index (Phi) is 4.83. The minimum atomic E-state index is -0.598. The molecule has 7 nitrogen and oxygen atoms in total. The van der Waals surface area contributed by atoms with Crippen LogP contribution in [0.3, 0.4) is 0 Å². The fraction of sp³-hybridized carbons (Fsp3) is 0.278. The summed E-state index contributed by atoms with van der Waals surface area (Å²) in [6.07, 6.45) is 0.747. The van der Waals surface area contributed by atoms with Crippen LogP contribution in [0.4, 0.5) is 0 Å². The molecular formula is C18H18N4O3. The summed E-state index contributed by atoms with van der Waals surface area (Å²) in [4.78, 5) is 32.8. The smallest absolute Gasteiger partial charge is 0.359 e. The zero-order valence-corrected chi connectivity index (χ0v) is 14.1. The molecule has 3 rings (SSSR count). The van der Waals surface area contributed by atoms with Crippen molar-refractivity contribution in [2.75, 3.05) is 0 Å². The number of esters is 1. The summed E-state index contributed by atoms with van der Waals surface area (Å²) in [6.45, 7) is 4.20. The predicted octanol–water partition coefficient (Wildman–Crippen LogP) is 2.26. The van der Waals surface area contributed by atoms with E-state index in [1.165, 1.54) is 16.8 Å². The molecule has 0 atom stereocenters. The van der Waals surface area contributed by atoms with Crippen molar-refractivity contribution >= 4 is 17.0 Å². The molecule has 0 bridgehead atoms. The summed E-state index contributed by atoms with van der Waals surface area (Å²) < 4.78 is 6.56. The number of fused-ring (bicyclic) bond motifs is 1. The highest BCUT2D eigenvalue weighted by molar-refractivity contribution is 5.86. The van der Waals surface area contributed by atoms with Gasteiger partial charge in [0, 0.05) is 12.6 Å². The van der Waals surface area contributed by atoms with Gasteiger partial charge in [-0.2, -0.15) is 5.10 Å². The van der Waals surface area contributed by atoms with E-state index in [4.69, 9.17) is 4.74 Å². The number of benzene rings is 1. The van der Waals surface area contributed by atoms with Crippen LogP contribution >= 0.6 is 0 Å². The molecule has 0 aliphatic carbocycles. The van der Waals surface area contributed by atoms with Crippen molar-refractivity contribution in [2.24, 2.45) is 0 Å². The molecule has 0 aliphatic heterocycles. The van der Waals surface area contributed by atoms with Crippen molar-refractivity contribution in [3.05, 3.63) is 63.8 Å². The van der Waals surface area contributed by atoms with Crippen LogP contribution in [-0.4, -0.2) is 25.7 Å². The molecule has 2 heterocycles. The quantitative estimate of drug-likeness (QED) is 0.663. The summed E-state index contributed by atoms with van der Waals surface area (Å²) >= 11 is 0. The molecule has 0 saturated heterocycles. The zero-order chi connectivity index (χ0) is 17.8. The average Bonchev–Trinajstić information content (AvgIpc) is 2.61. The van der Waals surface area contributed by atoms with Crippen LogP contribution < -0.4 is 5.56 Å². The van der Waals surface area contributed by atoms with Crippen molar-refractivity contribution in [3.63, 3.8) is 0 Å². The van der Waals surface area contributed by atoms with Gasteiger partial charge < -0.3 is 4.74 Å². The first-order chi connectivity index (χ1) is 12.1. The standard InChI is InChI=1S/C18H18N4O3/c1-3-10-22-17(23)9-8-15(21-22)18(24)25-11-16-12(2)19-13-6-4-5-7-14(13)20-16/h4-9H,3,10-11H2,1-2H3. The molecule has 3 aromatic rings. The van der Waals surface area contributed by atoms with Gasteiger partial charge in [-0.05, 0) is 31.5 Å². The number of para-hydroxylation sites is 2. The fourth-order valence-corrected chi connectivity index (χ4v) is 2.40. The summed E-state index contributed by atoms with van der Waals surface area (Å²) in [6, 6.07) is 10.2. The number of carbonyl (C=O) groups excluding carboxylic acids is 1. The molecule has 0 aliphatic rings. The number of rotatable bonds is 5. The van der Waals surface area contributed by atoms with Gasteiger partial charge in [0.15, 0.2) is 5.69 Å². The Labute approximate surface area is 144 Å². The molecule has 25 heavy (non-hydrogen) atoms. The van der Waals surface area contributed by atoms with Gasteiger partial charge in [-0.3, -0.25) is 4.79 Å². The maximum absolute atomic E-state index is 12.2. The lowest BCUT2D eigenvalue weighted by atomic mass is 10.2. The zero-order valence-electron chi connectivity index (χ0n) is 14.1. The molecule has 1 aromatic carbocycles. The van der Waals surface area contributed by atoms with Gasteiger partial charge in [0.1, 0.15) is 6.61 Å². The van der Waals surface area contributed by atoms with Crippen molar-refractivity contribution < 1.29 is 9.53 Å². The van der Waals surface area contributed by atoms with E-state index in [-0.39, 0.29) is 17.9 Å². The molecule has 0 spiro atoms. The summed E-state index contributed by atoms with van der Waals surface area (Å²) in [5.41, 5.74) is 2.69. The van der Waals surface area contributed by atoms with E-state index >= 15 is 0 Å². The highest BCUT2D eigenvalue weighted by Gasteiger charge is 2.13. The maximum Gasteiger partial charge on any atom is 0.359 e. The molecule has 0 unspecified atom stereocenters. The van der Waals surface area contributed by atoms with E-state index in [9.17, 15) is 9.59 Å². The topological polar surface area (TPSA) is 87.0 Å². The monoisotopic (exact) mass is 338 g/mol. The van der Waals surface area contributed by atoms with Gasteiger partial charge in [0.05, 0.1) is 22.4 Å². The maximum atomic E-state index is 12.2. The second-order valence-corrected chi connectivity index (χ2v) is 5.60. The molecule has 2 aromatic heterocycles. The Hall–Kier alpha value is -3.09. The van der Waals surface area contributed by atoms with Crippen LogP contribution in [0.1, 0.15) is 35.2 Å². The minimum absolute atomic E-state index is 0.00289. The Morgan fingerprint density at radius 2 is 1.84 bits per heavy atom. The van der Waals surface area contributed by atoms with Crippen molar-refractivity contribution in [3.8, 4) is 0 Å². The van der Waals surface area contributed by atoms with Crippen LogP contribution in [0.5, 0.6) is 0 Å². The predicted molar refractivity (Wildman–Crippen MR) is 92.2 cm³/mol. The van der Waals surface area contributed by atoms with Crippen LogP contribution in [0.15, 0.2) is 41.2 Å². The first-order valence-electron chi connectivity index (χ1n) is 8.06. The molecular weight excluding hydrogens is 320 g/mol. The number of hydrogen-bond acceptors (Lipinski definition) is 6.